The molecule has 6 rings (SSSR count). The maximum atomic E-state index is 13.5. The van der Waals surface area contributed by atoms with Gasteiger partial charge in [-0.05, 0) is 91.6 Å². The molecule has 0 bridgehead atoms. The molecule has 0 aromatic heterocycles. The number of carboxylic acids is 2. The molecule has 2 heterocycles. The standard InChI is InChI=1S/C40H50ClN5O7S2/c1-25(38(47)46-24-30(20-34(46)40(50)51)29-10-6-3-7-11-29)43-32(39(48)49)18-16-27-12-14-28(15-13-27)23-42-55(52,53)36-22-35-33(21-31(36)41)44-37(45-54-35)19-17-26-8-4-2-5-9-26/h2,4-5,8-9,12-15,21-22,25,29-30,32,34,37,42-45H,3,6-7,10-11,16-20,23-24H2,1H3,(H,48,49)(H,50,51)/t25-,30?,32-,34-,37?/m0/s1. The number of aryl methyl sites for hydroxylation is 2. The fourth-order valence-corrected chi connectivity index (χ4v) is 10.5. The van der Waals surface area contributed by atoms with Crippen LogP contribution in [0.3, 0.4) is 0 Å². The molecule has 1 amide bonds. The summed E-state index contributed by atoms with van der Waals surface area (Å²) in [6, 6.07) is 17.8. The first kappa shape index (κ1) is 41.0. The first-order chi connectivity index (χ1) is 26.4. The molecule has 1 aliphatic carbocycles. The van der Waals surface area contributed by atoms with Crippen molar-refractivity contribution < 1.29 is 33.0 Å². The number of anilines is 1. The van der Waals surface area contributed by atoms with Crippen molar-refractivity contribution in [3.8, 4) is 0 Å². The van der Waals surface area contributed by atoms with Gasteiger partial charge in [0.2, 0.25) is 15.9 Å². The predicted octanol–water partition coefficient (Wildman–Crippen LogP) is 6.05. The maximum Gasteiger partial charge on any atom is 0.326 e. The largest absolute Gasteiger partial charge is 0.480 e. The van der Waals surface area contributed by atoms with Gasteiger partial charge in [-0.3, -0.25) is 14.9 Å². The van der Waals surface area contributed by atoms with E-state index in [4.69, 9.17) is 11.6 Å². The van der Waals surface area contributed by atoms with Gasteiger partial charge in [-0.15, -0.1) is 0 Å². The molecule has 2 aliphatic heterocycles. The lowest BCUT2D eigenvalue weighted by Gasteiger charge is -2.29. The highest BCUT2D eigenvalue weighted by molar-refractivity contribution is 7.97. The molecule has 1 saturated carbocycles. The normalized spacial score (nSPS) is 21.3. The summed E-state index contributed by atoms with van der Waals surface area (Å²) in [5.41, 5.74) is 3.55. The number of aliphatic carboxylic acids is 2. The topological polar surface area (TPSA) is 177 Å². The summed E-state index contributed by atoms with van der Waals surface area (Å²) in [6.07, 6.45) is 8.29. The average Bonchev–Trinajstić information content (AvgIpc) is 3.64. The second kappa shape index (κ2) is 18.5. The predicted molar refractivity (Wildman–Crippen MR) is 213 cm³/mol. The Labute approximate surface area is 332 Å². The Hall–Kier alpha value is -3.66. The van der Waals surface area contributed by atoms with Crippen molar-refractivity contribution in [2.75, 3.05) is 11.9 Å². The van der Waals surface area contributed by atoms with Crippen molar-refractivity contribution >= 4 is 57.1 Å². The smallest absolute Gasteiger partial charge is 0.326 e. The van der Waals surface area contributed by atoms with Crippen LogP contribution in [-0.2, 0) is 43.8 Å². The van der Waals surface area contributed by atoms with E-state index < -0.39 is 46.0 Å². The lowest BCUT2D eigenvalue weighted by atomic mass is 9.79. The van der Waals surface area contributed by atoms with Gasteiger partial charge in [0.15, 0.2) is 0 Å². The van der Waals surface area contributed by atoms with Crippen LogP contribution in [0.2, 0.25) is 5.02 Å². The number of nitrogens with one attached hydrogen (secondary N) is 4. The highest BCUT2D eigenvalue weighted by Gasteiger charge is 2.44. The number of sulfonamides is 1. The molecule has 55 heavy (non-hydrogen) atoms. The van der Waals surface area contributed by atoms with Crippen molar-refractivity contribution in [3.63, 3.8) is 0 Å². The molecule has 0 spiro atoms. The highest BCUT2D eigenvalue weighted by atomic mass is 35.5. The van der Waals surface area contributed by atoms with Gasteiger partial charge >= 0.3 is 11.9 Å². The molecule has 12 nitrogen and oxygen atoms in total. The lowest BCUT2D eigenvalue weighted by Crippen LogP contribution is -2.53. The van der Waals surface area contributed by atoms with Gasteiger partial charge in [0.25, 0.3) is 0 Å². The molecule has 1 saturated heterocycles. The van der Waals surface area contributed by atoms with E-state index in [-0.39, 0.29) is 35.0 Å². The lowest BCUT2D eigenvalue weighted by molar-refractivity contribution is -0.149. The van der Waals surface area contributed by atoms with E-state index in [1.54, 1.807) is 31.2 Å². The number of fused-ring (bicyclic) bond motifs is 1. The Bertz CT molecular complexity index is 1930. The number of amides is 1. The van der Waals surface area contributed by atoms with Gasteiger partial charge in [-0.25, -0.2) is 22.7 Å². The van der Waals surface area contributed by atoms with Crippen molar-refractivity contribution in [2.45, 2.75) is 112 Å². The van der Waals surface area contributed by atoms with E-state index in [2.05, 4.69) is 32.2 Å². The van der Waals surface area contributed by atoms with Gasteiger partial charge in [0.1, 0.15) is 17.0 Å². The number of likely N-dealkylation sites (tertiary alicyclic amines) is 1. The van der Waals surface area contributed by atoms with Gasteiger partial charge in [0.05, 0.1) is 22.9 Å². The Kier molecular flexibility index (Phi) is 13.8. The summed E-state index contributed by atoms with van der Waals surface area (Å²) in [6.45, 7) is 2.00. The monoisotopic (exact) mass is 811 g/mol. The number of rotatable bonds is 16. The second-order valence-electron chi connectivity index (χ2n) is 14.9. The second-order valence-corrected chi connectivity index (χ2v) is 17.9. The van der Waals surface area contributed by atoms with Gasteiger partial charge in [-0.2, -0.15) is 0 Å². The number of benzene rings is 3. The van der Waals surface area contributed by atoms with Crippen LogP contribution in [0.4, 0.5) is 5.69 Å². The van der Waals surface area contributed by atoms with Crippen LogP contribution in [0.1, 0.15) is 75.0 Å². The molecule has 3 aromatic carbocycles. The van der Waals surface area contributed by atoms with Crippen LogP contribution in [0.25, 0.3) is 0 Å². The van der Waals surface area contributed by atoms with E-state index >= 15 is 0 Å². The Balaban J connectivity index is 0.988. The molecule has 5 atom stereocenters. The third kappa shape index (κ3) is 10.6. The fraction of sp³-hybridized carbons (Fsp3) is 0.475. The summed E-state index contributed by atoms with van der Waals surface area (Å²) in [4.78, 5) is 39.9. The molecule has 6 N–H and O–H groups in total. The van der Waals surface area contributed by atoms with Crippen LogP contribution in [0, 0.1) is 11.8 Å². The van der Waals surface area contributed by atoms with E-state index in [1.165, 1.54) is 28.8 Å². The maximum absolute atomic E-state index is 13.5. The van der Waals surface area contributed by atoms with Gasteiger partial charge in [0, 0.05) is 18.0 Å². The highest BCUT2D eigenvalue weighted by Crippen LogP contribution is 2.39. The number of carbonyl (C=O) groups excluding carboxylic acids is 1. The van der Waals surface area contributed by atoms with E-state index in [9.17, 15) is 33.0 Å². The molecule has 2 unspecified atom stereocenters. The van der Waals surface area contributed by atoms with Crippen LogP contribution < -0.4 is 20.1 Å². The van der Waals surface area contributed by atoms with Crippen molar-refractivity contribution in [1.82, 2.24) is 19.7 Å². The summed E-state index contributed by atoms with van der Waals surface area (Å²) < 4.78 is 32.7. The number of hydrogen-bond acceptors (Lipinski definition) is 9. The molecular formula is C40H50ClN5O7S2. The zero-order valence-corrected chi connectivity index (χ0v) is 33.3. The summed E-state index contributed by atoms with van der Waals surface area (Å²) >= 11 is 7.87. The molecule has 3 aliphatic rings. The summed E-state index contributed by atoms with van der Waals surface area (Å²) in [5, 5.41) is 26.3. The van der Waals surface area contributed by atoms with Crippen LogP contribution in [0.5, 0.6) is 0 Å². The molecule has 15 heteroatoms. The number of halogens is 1. The van der Waals surface area contributed by atoms with E-state index in [1.807, 2.05) is 30.3 Å². The molecule has 2 fully saturated rings. The van der Waals surface area contributed by atoms with Crippen LogP contribution >= 0.6 is 23.5 Å². The minimum atomic E-state index is -3.95. The number of hydrogen-bond donors (Lipinski definition) is 6. The average molecular weight is 812 g/mol. The third-order valence-electron chi connectivity index (χ3n) is 11.1. The Morgan fingerprint density at radius 1 is 0.945 bits per heavy atom. The minimum absolute atomic E-state index is 0.0105. The summed E-state index contributed by atoms with van der Waals surface area (Å²) in [5.74, 6) is -1.95. The van der Waals surface area contributed by atoms with Crippen molar-refractivity contribution in [2.24, 2.45) is 11.8 Å². The zero-order valence-electron chi connectivity index (χ0n) is 30.9. The third-order valence-corrected chi connectivity index (χ3v) is 13.9. The number of nitrogens with zero attached hydrogens (tertiary/aromatic N) is 1. The first-order valence-electron chi connectivity index (χ1n) is 19.0. The van der Waals surface area contributed by atoms with Crippen molar-refractivity contribution in [1.29, 1.82) is 0 Å². The minimum Gasteiger partial charge on any atom is -0.480 e. The fourth-order valence-electron chi connectivity index (χ4n) is 7.96. The number of carbonyl (C=O) groups is 3. The van der Waals surface area contributed by atoms with Gasteiger partial charge < -0.3 is 20.4 Å². The van der Waals surface area contributed by atoms with Crippen LogP contribution in [-0.4, -0.2) is 72.2 Å². The Morgan fingerprint density at radius 2 is 1.64 bits per heavy atom. The quantitative estimate of drug-likeness (QED) is 0.0930. The van der Waals surface area contributed by atoms with E-state index in [0.29, 0.717) is 30.9 Å². The summed E-state index contributed by atoms with van der Waals surface area (Å²) in [7, 11) is -3.95. The van der Waals surface area contributed by atoms with Gasteiger partial charge in [-0.1, -0.05) is 98.3 Å². The number of carboxylic acid groups (broad SMARTS) is 2. The first-order valence-corrected chi connectivity index (χ1v) is 21.7. The molecule has 296 valence electrons. The Morgan fingerprint density at radius 3 is 2.33 bits per heavy atom. The zero-order chi connectivity index (χ0) is 39.1. The van der Waals surface area contributed by atoms with E-state index in [0.717, 1.165) is 54.7 Å². The van der Waals surface area contributed by atoms with Crippen molar-refractivity contribution in [3.05, 3.63) is 88.4 Å². The molecular weight excluding hydrogens is 762 g/mol. The molecule has 0 radical (unpaired) electrons. The SMILES string of the molecule is C[C@H](N[C@@H](CCc1ccc(CNS(=O)(=O)c2cc3c(cc2Cl)NC(CCc2ccccc2)NS3)cc1)C(=O)O)C(=O)N1CC(C2CCCCC2)C[C@H]1C(=O)O. The van der Waals surface area contributed by atoms with Crippen LogP contribution in [0.15, 0.2) is 76.5 Å². The molecule has 3 aromatic rings.